The number of rotatable bonds is 5. The molecule has 0 aliphatic carbocycles. The molecule has 3 rings (SSSR count). The minimum atomic E-state index is 0.625. The molecule has 0 atom stereocenters. The third-order valence-electron chi connectivity index (χ3n) is 3.32. The second-order valence-corrected chi connectivity index (χ2v) is 4.97. The molecule has 0 radical (unpaired) electrons. The number of aromatic nitrogens is 1. The zero-order valence-electron chi connectivity index (χ0n) is 12.0. The van der Waals surface area contributed by atoms with Gasteiger partial charge in [-0.15, -0.1) is 0 Å². The van der Waals surface area contributed by atoms with Crippen LogP contribution in [0.4, 0.5) is 5.69 Å². The molecule has 106 valence electrons. The van der Waals surface area contributed by atoms with E-state index in [1.54, 1.807) is 0 Å². The van der Waals surface area contributed by atoms with Crippen LogP contribution in [0.1, 0.15) is 5.56 Å². The summed E-state index contributed by atoms with van der Waals surface area (Å²) in [5.41, 5.74) is 3.30. The van der Waals surface area contributed by atoms with Gasteiger partial charge in [0.15, 0.2) is 0 Å². The Balaban J connectivity index is 1.60. The van der Waals surface area contributed by atoms with Crippen molar-refractivity contribution in [3.05, 3.63) is 66.4 Å². The number of hydrogen-bond acceptors (Lipinski definition) is 3. The first kappa shape index (κ1) is 13.4. The third kappa shape index (κ3) is 3.31. The molecule has 0 saturated heterocycles. The number of hydrogen-bond donors (Lipinski definition) is 1. The second-order valence-electron chi connectivity index (χ2n) is 4.97. The smallest absolute Gasteiger partial charge is 0.119 e. The number of anilines is 1. The highest BCUT2D eigenvalue weighted by atomic mass is 16.5. The van der Waals surface area contributed by atoms with Crippen molar-refractivity contribution in [1.29, 1.82) is 0 Å². The molecule has 3 heteroatoms. The molecule has 0 aliphatic rings. The summed E-state index contributed by atoms with van der Waals surface area (Å²) in [7, 11) is 0. The van der Waals surface area contributed by atoms with E-state index in [0.29, 0.717) is 6.61 Å². The number of fused-ring (bicyclic) bond motifs is 1. The zero-order valence-corrected chi connectivity index (χ0v) is 12.0. The second kappa shape index (κ2) is 6.27. The van der Waals surface area contributed by atoms with Crippen molar-refractivity contribution in [1.82, 2.24) is 4.98 Å². The number of nitrogens with one attached hydrogen (secondary N) is 1. The normalized spacial score (nSPS) is 10.5. The first-order chi connectivity index (χ1) is 10.3. The first-order valence-corrected chi connectivity index (χ1v) is 7.10. The molecule has 3 nitrogen and oxygen atoms in total. The number of para-hydroxylation sites is 1. The van der Waals surface area contributed by atoms with E-state index in [-0.39, 0.29) is 0 Å². The van der Waals surface area contributed by atoms with Gasteiger partial charge < -0.3 is 10.1 Å². The van der Waals surface area contributed by atoms with Crippen molar-refractivity contribution in [2.24, 2.45) is 0 Å². The van der Waals surface area contributed by atoms with E-state index in [1.807, 2.05) is 48.7 Å². The molecule has 0 amide bonds. The Kier molecular flexibility index (Phi) is 4.01. The summed E-state index contributed by atoms with van der Waals surface area (Å²) in [5.74, 6) is 0.913. The van der Waals surface area contributed by atoms with Crippen LogP contribution in [0, 0.1) is 6.92 Å². The maximum Gasteiger partial charge on any atom is 0.119 e. The minimum absolute atomic E-state index is 0.625. The molecule has 0 aliphatic heterocycles. The highest BCUT2D eigenvalue weighted by molar-refractivity contribution is 5.90. The molecule has 0 spiro atoms. The average molecular weight is 278 g/mol. The van der Waals surface area contributed by atoms with E-state index in [0.717, 1.165) is 28.9 Å². The lowest BCUT2D eigenvalue weighted by molar-refractivity contribution is 0.332. The van der Waals surface area contributed by atoms with Crippen LogP contribution in [-0.2, 0) is 0 Å². The van der Waals surface area contributed by atoms with Gasteiger partial charge in [0.1, 0.15) is 12.4 Å². The molecule has 0 bridgehead atoms. The highest BCUT2D eigenvalue weighted by Gasteiger charge is 2.00. The van der Waals surface area contributed by atoms with Crippen molar-refractivity contribution in [2.75, 3.05) is 18.5 Å². The summed E-state index contributed by atoms with van der Waals surface area (Å²) in [5, 5.41) is 4.54. The van der Waals surface area contributed by atoms with E-state index in [1.165, 1.54) is 5.56 Å². The fourth-order valence-electron chi connectivity index (χ4n) is 2.31. The van der Waals surface area contributed by atoms with Crippen molar-refractivity contribution in [3.63, 3.8) is 0 Å². The Labute approximate surface area is 124 Å². The Morgan fingerprint density at radius 3 is 2.86 bits per heavy atom. The number of ether oxygens (including phenoxy) is 1. The Morgan fingerprint density at radius 1 is 1.05 bits per heavy atom. The van der Waals surface area contributed by atoms with Crippen molar-refractivity contribution in [2.45, 2.75) is 6.92 Å². The van der Waals surface area contributed by atoms with Gasteiger partial charge in [-0.05, 0) is 36.8 Å². The van der Waals surface area contributed by atoms with Crippen molar-refractivity contribution in [3.8, 4) is 5.75 Å². The molecule has 2 aromatic carbocycles. The van der Waals surface area contributed by atoms with Gasteiger partial charge in [-0.1, -0.05) is 30.3 Å². The van der Waals surface area contributed by atoms with E-state index in [4.69, 9.17) is 4.74 Å². The average Bonchev–Trinajstić information content (AvgIpc) is 2.52. The number of aryl methyl sites for hydroxylation is 1. The predicted octanol–water partition coefficient (Wildman–Crippen LogP) is 4.03. The topological polar surface area (TPSA) is 34.1 Å². The maximum absolute atomic E-state index is 5.74. The van der Waals surface area contributed by atoms with Gasteiger partial charge >= 0.3 is 0 Å². The highest BCUT2D eigenvalue weighted by Crippen LogP contribution is 2.20. The first-order valence-electron chi connectivity index (χ1n) is 7.10. The molecular formula is C18H18N2O. The molecule has 0 fully saturated rings. The molecule has 0 unspecified atom stereocenters. The summed E-state index contributed by atoms with van der Waals surface area (Å²) < 4.78 is 5.74. The van der Waals surface area contributed by atoms with Gasteiger partial charge in [0.25, 0.3) is 0 Å². The lowest BCUT2D eigenvalue weighted by Crippen LogP contribution is -2.11. The van der Waals surface area contributed by atoms with Gasteiger partial charge in [0.2, 0.25) is 0 Å². The van der Waals surface area contributed by atoms with E-state index < -0.39 is 0 Å². The Hall–Kier alpha value is -2.55. The van der Waals surface area contributed by atoms with Crippen LogP contribution in [0.5, 0.6) is 5.75 Å². The molecule has 21 heavy (non-hydrogen) atoms. The quantitative estimate of drug-likeness (QED) is 0.715. The van der Waals surface area contributed by atoms with Crippen LogP contribution in [-0.4, -0.2) is 18.1 Å². The largest absolute Gasteiger partial charge is 0.492 e. The molecule has 0 saturated carbocycles. The van der Waals surface area contributed by atoms with Crippen molar-refractivity contribution < 1.29 is 4.74 Å². The minimum Gasteiger partial charge on any atom is -0.492 e. The summed E-state index contributed by atoms with van der Waals surface area (Å²) in [6.45, 7) is 3.44. The van der Waals surface area contributed by atoms with Gasteiger partial charge in [-0.25, -0.2) is 0 Å². The van der Waals surface area contributed by atoms with Gasteiger partial charge in [0, 0.05) is 23.8 Å². The lowest BCUT2D eigenvalue weighted by atomic mass is 10.2. The molecule has 1 N–H and O–H groups in total. The number of benzene rings is 2. The summed E-state index contributed by atoms with van der Waals surface area (Å²) >= 11 is 0. The zero-order chi connectivity index (χ0) is 14.5. The summed E-state index contributed by atoms with van der Waals surface area (Å²) in [6.07, 6.45) is 1.83. The van der Waals surface area contributed by atoms with Gasteiger partial charge in [-0.2, -0.15) is 0 Å². The SMILES string of the molecule is Cc1cccc(OCCNc2ccnc3ccccc23)c1. The van der Waals surface area contributed by atoms with E-state index in [2.05, 4.69) is 29.4 Å². The van der Waals surface area contributed by atoms with Crippen molar-refractivity contribution >= 4 is 16.6 Å². The van der Waals surface area contributed by atoms with E-state index >= 15 is 0 Å². The third-order valence-corrected chi connectivity index (χ3v) is 3.32. The van der Waals surface area contributed by atoms with Crippen LogP contribution in [0.2, 0.25) is 0 Å². The number of pyridine rings is 1. The predicted molar refractivity (Wildman–Crippen MR) is 86.9 cm³/mol. The molecular weight excluding hydrogens is 260 g/mol. The van der Waals surface area contributed by atoms with Crippen LogP contribution in [0.3, 0.4) is 0 Å². The lowest BCUT2D eigenvalue weighted by Gasteiger charge is -2.10. The van der Waals surface area contributed by atoms with Gasteiger partial charge in [-0.3, -0.25) is 4.98 Å². The van der Waals surface area contributed by atoms with Crippen LogP contribution >= 0.6 is 0 Å². The number of nitrogens with zero attached hydrogens (tertiary/aromatic N) is 1. The fourth-order valence-corrected chi connectivity index (χ4v) is 2.31. The molecule has 1 aromatic heterocycles. The van der Waals surface area contributed by atoms with Crippen LogP contribution < -0.4 is 10.1 Å². The molecule has 1 heterocycles. The maximum atomic E-state index is 5.74. The molecule has 3 aromatic rings. The Morgan fingerprint density at radius 2 is 1.95 bits per heavy atom. The van der Waals surface area contributed by atoms with Crippen LogP contribution in [0.25, 0.3) is 10.9 Å². The van der Waals surface area contributed by atoms with Gasteiger partial charge in [0.05, 0.1) is 5.52 Å². The van der Waals surface area contributed by atoms with E-state index in [9.17, 15) is 0 Å². The summed E-state index contributed by atoms with van der Waals surface area (Å²) in [4.78, 5) is 4.36. The monoisotopic (exact) mass is 278 g/mol. The standard InChI is InChI=1S/C18H18N2O/c1-14-5-4-6-15(13-14)21-12-11-20-18-9-10-19-17-8-3-2-7-16(17)18/h2-10,13H,11-12H2,1H3,(H,19,20). The Bertz CT molecular complexity index is 735. The summed E-state index contributed by atoms with van der Waals surface area (Å²) in [6, 6.07) is 18.2. The fraction of sp³-hybridized carbons (Fsp3) is 0.167. The van der Waals surface area contributed by atoms with Crippen LogP contribution in [0.15, 0.2) is 60.8 Å².